The third-order valence-corrected chi connectivity index (χ3v) is 5.23. The van der Waals surface area contributed by atoms with Crippen molar-refractivity contribution in [2.75, 3.05) is 26.2 Å². The Labute approximate surface area is 118 Å². The normalized spacial score (nSPS) is 31.1. The lowest BCUT2D eigenvalue weighted by Crippen LogP contribution is -2.38. The minimum absolute atomic E-state index is 0.342. The van der Waals surface area contributed by atoms with Gasteiger partial charge in [-0.2, -0.15) is 0 Å². The van der Waals surface area contributed by atoms with E-state index in [1.807, 2.05) is 0 Å². The Morgan fingerprint density at radius 3 is 2.74 bits per heavy atom. The van der Waals surface area contributed by atoms with E-state index in [-0.39, 0.29) is 0 Å². The number of hydrogen-bond donors (Lipinski definition) is 2. The van der Waals surface area contributed by atoms with E-state index in [0.717, 1.165) is 12.6 Å². The summed E-state index contributed by atoms with van der Waals surface area (Å²) >= 11 is 0. The molecule has 0 radical (unpaired) electrons. The summed E-state index contributed by atoms with van der Waals surface area (Å²) < 4.78 is 0. The van der Waals surface area contributed by atoms with Gasteiger partial charge in [-0.25, -0.2) is 0 Å². The summed E-state index contributed by atoms with van der Waals surface area (Å²) in [7, 11) is 0. The minimum atomic E-state index is 0.342. The Hall–Kier alpha value is -0.120. The highest BCUT2D eigenvalue weighted by Crippen LogP contribution is 2.37. The number of unbranched alkanes of at least 4 members (excludes halogenated alkanes) is 1. The summed E-state index contributed by atoms with van der Waals surface area (Å²) in [4.78, 5) is 2.47. The number of likely N-dealkylation sites (tertiary alicyclic amines) is 1. The van der Waals surface area contributed by atoms with E-state index < -0.39 is 0 Å². The van der Waals surface area contributed by atoms with Gasteiger partial charge < -0.3 is 10.4 Å². The fourth-order valence-electron chi connectivity index (χ4n) is 3.82. The van der Waals surface area contributed by atoms with Crippen molar-refractivity contribution in [3.05, 3.63) is 0 Å². The molecule has 3 nitrogen and oxygen atoms in total. The molecule has 1 saturated heterocycles. The lowest BCUT2D eigenvalue weighted by molar-refractivity contribution is 0.156. The number of nitrogens with zero attached hydrogens (tertiary/aromatic N) is 1. The van der Waals surface area contributed by atoms with Gasteiger partial charge in [0, 0.05) is 12.1 Å². The van der Waals surface area contributed by atoms with Crippen molar-refractivity contribution in [2.45, 2.75) is 70.9 Å². The Balaban J connectivity index is 1.55. The van der Waals surface area contributed by atoms with E-state index >= 15 is 0 Å². The van der Waals surface area contributed by atoms with Crippen molar-refractivity contribution in [3.63, 3.8) is 0 Å². The van der Waals surface area contributed by atoms with E-state index in [1.165, 1.54) is 58.0 Å². The molecule has 2 aliphatic rings. The molecular weight excluding hydrogens is 236 g/mol. The molecule has 2 fully saturated rings. The van der Waals surface area contributed by atoms with Crippen molar-refractivity contribution >= 4 is 0 Å². The maximum Gasteiger partial charge on any atom is 0.0586 e. The first kappa shape index (κ1) is 15.3. The third kappa shape index (κ3) is 4.17. The topological polar surface area (TPSA) is 35.5 Å². The van der Waals surface area contributed by atoms with Gasteiger partial charge in [-0.15, -0.1) is 0 Å². The summed E-state index contributed by atoms with van der Waals surface area (Å²) in [6.07, 6.45) is 9.08. The summed E-state index contributed by atoms with van der Waals surface area (Å²) in [5, 5.41) is 13.0. The molecule has 3 heteroatoms. The molecule has 0 aromatic heterocycles. The highest BCUT2D eigenvalue weighted by atomic mass is 16.3. The van der Waals surface area contributed by atoms with Crippen molar-refractivity contribution in [1.29, 1.82) is 0 Å². The molecule has 0 aromatic rings. The largest absolute Gasteiger partial charge is 0.395 e. The fourth-order valence-corrected chi connectivity index (χ4v) is 3.82. The molecular formula is C16H32N2O. The van der Waals surface area contributed by atoms with Gasteiger partial charge >= 0.3 is 0 Å². The molecule has 112 valence electrons. The van der Waals surface area contributed by atoms with Crippen LogP contribution in [-0.4, -0.2) is 48.3 Å². The Morgan fingerprint density at radius 1 is 1.21 bits per heavy atom. The van der Waals surface area contributed by atoms with E-state index in [4.69, 9.17) is 0 Å². The smallest absolute Gasteiger partial charge is 0.0586 e. The number of aliphatic hydroxyl groups is 1. The van der Waals surface area contributed by atoms with Gasteiger partial charge in [0.15, 0.2) is 0 Å². The van der Waals surface area contributed by atoms with E-state index in [1.54, 1.807) is 0 Å². The van der Waals surface area contributed by atoms with Gasteiger partial charge in [0.25, 0.3) is 0 Å². The number of nitrogens with one attached hydrogen (secondary N) is 1. The molecule has 0 aromatic carbocycles. The molecule has 0 bridgehead atoms. The lowest BCUT2D eigenvalue weighted by Gasteiger charge is -2.28. The second kappa shape index (κ2) is 7.05. The second-order valence-electron chi connectivity index (χ2n) is 7.11. The third-order valence-electron chi connectivity index (χ3n) is 5.23. The van der Waals surface area contributed by atoms with Crippen LogP contribution in [0.25, 0.3) is 0 Å². The van der Waals surface area contributed by atoms with Crippen molar-refractivity contribution in [3.8, 4) is 0 Å². The maximum absolute atomic E-state index is 9.29. The van der Waals surface area contributed by atoms with E-state index in [0.29, 0.717) is 18.1 Å². The van der Waals surface area contributed by atoms with Crippen LogP contribution < -0.4 is 5.32 Å². The highest BCUT2D eigenvalue weighted by molar-refractivity contribution is 4.90. The molecule has 0 unspecified atom stereocenters. The zero-order valence-corrected chi connectivity index (χ0v) is 12.8. The van der Waals surface area contributed by atoms with Crippen molar-refractivity contribution < 1.29 is 5.11 Å². The molecule has 1 saturated carbocycles. The first-order valence-electron chi connectivity index (χ1n) is 8.22. The number of aliphatic hydroxyl groups excluding tert-OH is 1. The Morgan fingerprint density at radius 2 is 2.05 bits per heavy atom. The van der Waals surface area contributed by atoms with Crippen molar-refractivity contribution in [2.24, 2.45) is 5.41 Å². The Kier molecular flexibility index (Phi) is 5.67. The van der Waals surface area contributed by atoms with Gasteiger partial charge in [0.2, 0.25) is 0 Å². The Bertz CT molecular complexity index is 267. The molecule has 2 rings (SSSR count). The zero-order chi connectivity index (χ0) is 13.7. The SMILES string of the molecule is CC1(C)CCC[C@H]1NCCCCN1CCC[C@H]1CO. The van der Waals surface area contributed by atoms with Crippen LogP contribution in [0.2, 0.25) is 0 Å². The average Bonchev–Trinajstić information content (AvgIpc) is 2.95. The zero-order valence-electron chi connectivity index (χ0n) is 12.8. The predicted molar refractivity (Wildman–Crippen MR) is 80.3 cm³/mol. The summed E-state index contributed by atoms with van der Waals surface area (Å²) in [5.41, 5.74) is 0.497. The number of rotatable bonds is 7. The lowest BCUT2D eigenvalue weighted by atomic mass is 9.87. The molecule has 2 atom stereocenters. The van der Waals surface area contributed by atoms with E-state index in [2.05, 4.69) is 24.1 Å². The standard InChI is InChI=1S/C16H32N2O/c1-16(2)9-5-8-15(16)17-10-3-4-11-18-12-6-7-14(18)13-19/h14-15,17,19H,3-13H2,1-2H3/t14-,15+/m0/s1. The van der Waals surface area contributed by atoms with Crippen LogP contribution >= 0.6 is 0 Å². The first-order valence-corrected chi connectivity index (χ1v) is 8.22. The molecule has 19 heavy (non-hydrogen) atoms. The quantitative estimate of drug-likeness (QED) is 0.696. The highest BCUT2D eigenvalue weighted by Gasteiger charge is 2.33. The first-order chi connectivity index (χ1) is 9.13. The summed E-state index contributed by atoms with van der Waals surface area (Å²) in [6.45, 7) is 8.65. The average molecular weight is 268 g/mol. The van der Waals surface area contributed by atoms with Crippen LogP contribution in [0.5, 0.6) is 0 Å². The van der Waals surface area contributed by atoms with Crippen LogP contribution in [0.4, 0.5) is 0 Å². The summed E-state index contributed by atoms with van der Waals surface area (Å²) in [5.74, 6) is 0. The molecule has 2 N–H and O–H groups in total. The fraction of sp³-hybridized carbons (Fsp3) is 1.00. The monoisotopic (exact) mass is 268 g/mol. The van der Waals surface area contributed by atoms with Crippen LogP contribution in [-0.2, 0) is 0 Å². The second-order valence-corrected chi connectivity index (χ2v) is 7.11. The molecule has 1 aliphatic heterocycles. The molecule has 0 amide bonds. The molecule has 0 spiro atoms. The minimum Gasteiger partial charge on any atom is -0.395 e. The predicted octanol–water partition coefficient (Wildman–Crippen LogP) is 2.39. The van der Waals surface area contributed by atoms with Gasteiger partial charge in [-0.05, 0) is 63.6 Å². The van der Waals surface area contributed by atoms with Crippen LogP contribution in [0.3, 0.4) is 0 Å². The number of hydrogen-bond acceptors (Lipinski definition) is 3. The van der Waals surface area contributed by atoms with E-state index in [9.17, 15) is 5.11 Å². The van der Waals surface area contributed by atoms with Gasteiger partial charge in [-0.1, -0.05) is 20.3 Å². The van der Waals surface area contributed by atoms with Crippen molar-refractivity contribution in [1.82, 2.24) is 10.2 Å². The van der Waals surface area contributed by atoms with Gasteiger partial charge in [-0.3, -0.25) is 4.90 Å². The molecule has 1 aliphatic carbocycles. The molecule has 1 heterocycles. The van der Waals surface area contributed by atoms with Crippen LogP contribution in [0.15, 0.2) is 0 Å². The van der Waals surface area contributed by atoms with Crippen LogP contribution in [0.1, 0.15) is 58.8 Å². The van der Waals surface area contributed by atoms with Gasteiger partial charge in [0.1, 0.15) is 0 Å². The van der Waals surface area contributed by atoms with Gasteiger partial charge in [0.05, 0.1) is 6.61 Å². The summed E-state index contributed by atoms with van der Waals surface area (Å²) in [6, 6.07) is 1.17. The maximum atomic E-state index is 9.29. The van der Waals surface area contributed by atoms with Crippen LogP contribution in [0, 0.1) is 5.41 Å².